The van der Waals surface area contributed by atoms with E-state index in [1.807, 2.05) is 74.1 Å². The number of aryl methyl sites for hydroxylation is 1. The number of methoxy groups -OCH3 is 1. The van der Waals surface area contributed by atoms with Gasteiger partial charge in [-0.2, -0.15) is 0 Å². The zero-order chi connectivity index (χ0) is 29.7. The lowest BCUT2D eigenvalue weighted by Crippen LogP contribution is -2.18. The smallest absolute Gasteiger partial charge is 0.304 e. The fourth-order valence-corrected chi connectivity index (χ4v) is 7.64. The van der Waals surface area contributed by atoms with Gasteiger partial charge in [-0.3, -0.25) is 4.79 Å². The van der Waals surface area contributed by atoms with Crippen LogP contribution in [0.25, 0.3) is 23.4 Å². The molecule has 1 fully saturated rings. The molecule has 1 atom stereocenters. The molecule has 0 bridgehead atoms. The summed E-state index contributed by atoms with van der Waals surface area (Å²) in [5.74, 6) is 0.0859. The maximum Gasteiger partial charge on any atom is 0.304 e. The van der Waals surface area contributed by atoms with Crippen LogP contribution in [-0.4, -0.2) is 33.0 Å². The monoisotopic (exact) mass is 599 g/mol. The summed E-state index contributed by atoms with van der Waals surface area (Å²) in [5, 5.41) is 23.4. The van der Waals surface area contributed by atoms with Crippen LogP contribution in [0, 0.1) is 0 Å². The standard InChI is InChI=1S/C35H37NO4S2/c1-34(2,39)29-10-5-4-8-25(29)14-17-31(42-35(19-20-35)22-33(37)38)27-9-6-7-24(21-27)11-18-32-36-30(23-41-32)26-12-15-28(40-3)16-13-26/h4-13,15-16,18,21,23,31,39H,14,17,19-20,22H2,1-3H3,(H,37,38)/b18-11+. The number of thioether (sulfide) groups is 1. The van der Waals surface area contributed by atoms with Crippen LogP contribution in [0.5, 0.6) is 5.75 Å². The molecule has 1 aliphatic carbocycles. The van der Waals surface area contributed by atoms with Crippen molar-refractivity contribution in [1.82, 2.24) is 4.98 Å². The Bertz CT molecular complexity index is 1550. The number of carboxylic acid groups (broad SMARTS) is 1. The van der Waals surface area contributed by atoms with Crippen LogP contribution in [0.3, 0.4) is 0 Å². The van der Waals surface area contributed by atoms with E-state index in [1.165, 1.54) is 5.56 Å². The third-order valence-corrected chi connectivity index (χ3v) is 10.3. The summed E-state index contributed by atoms with van der Waals surface area (Å²) in [7, 11) is 1.66. The summed E-state index contributed by atoms with van der Waals surface area (Å²) in [6.45, 7) is 3.64. The molecule has 2 N–H and O–H groups in total. The first-order valence-electron chi connectivity index (χ1n) is 14.2. The highest BCUT2D eigenvalue weighted by atomic mass is 32.2. The first kappa shape index (κ1) is 30.1. The Balaban J connectivity index is 1.35. The maximum absolute atomic E-state index is 11.6. The summed E-state index contributed by atoms with van der Waals surface area (Å²) in [4.78, 5) is 16.4. The Hall–Kier alpha value is -3.39. The lowest BCUT2D eigenvalue weighted by Gasteiger charge is -2.25. The largest absolute Gasteiger partial charge is 0.497 e. The van der Waals surface area contributed by atoms with E-state index in [9.17, 15) is 15.0 Å². The molecule has 42 heavy (non-hydrogen) atoms. The Morgan fingerprint density at radius 1 is 1.10 bits per heavy atom. The normalized spacial score (nSPS) is 15.0. The van der Waals surface area contributed by atoms with Crippen molar-refractivity contribution in [3.05, 3.63) is 105 Å². The second kappa shape index (κ2) is 12.9. The molecule has 4 aromatic rings. The summed E-state index contributed by atoms with van der Waals surface area (Å²) in [5.41, 5.74) is 5.41. The molecule has 5 nitrogen and oxygen atoms in total. The number of ether oxygens (including phenoxy) is 1. The summed E-state index contributed by atoms with van der Waals surface area (Å²) in [6, 6.07) is 24.5. The van der Waals surface area contributed by atoms with Gasteiger partial charge in [-0.05, 0) is 92.1 Å². The summed E-state index contributed by atoms with van der Waals surface area (Å²) in [6.07, 6.45) is 7.84. The highest BCUT2D eigenvalue weighted by molar-refractivity contribution is 8.01. The second-order valence-electron chi connectivity index (χ2n) is 11.4. The van der Waals surface area contributed by atoms with Crippen molar-refractivity contribution in [2.24, 2.45) is 0 Å². The van der Waals surface area contributed by atoms with Gasteiger partial charge in [0, 0.05) is 20.9 Å². The predicted molar refractivity (Wildman–Crippen MR) is 174 cm³/mol. The van der Waals surface area contributed by atoms with Crippen molar-refractivity contribution >= 4 is 41.2 Å². The van der Waals surface area contributed by atoms with Crippen molar-refractivity contribution in [2.45, 2.75) is 61.5 Å². The molecule has 0 spiro atoms. The van der Waals surface area contributed by atoms with Crippen LogP contribution in [0.4, 0.5) is 0 Å². The quantitative estimate of drug-likeness (QED) is 0.160. The first-order chi connectivity index (χ1) is 20.1. The molecule has 7 heteroatoms. The van der Waals surface area contributed by atoms with Crippen molar-refractivity contribution < 1.29 is 19.7 Å². The SMILES string of the molecule is COc1ccc(-c2csc(/C=C/c3cccc(C(CCc4ccccc4C(C)(C)O)SC4(CC(=O)O)CC4)c3)n2)cc1. The van der Waals surface area contributed by atoms with Gasteiger partial charge in [0.2, 0.25) is 0 Å². The minimum absolute atomic E-state index is 0.136. The van der Waals surface area contributed by atoms with Crippen molar-refractivity contribution in [3.8, 4) is 17.0 Å². The number of benzene rings is 3. The van der Waals surface area contributed by atoms with E-state index in [2.05, 4.69) is 41.8 Å². The average Bonchev–Trinajstić information content (AvgIpc) is 3.55. The Morgan fingerprint density at radius 3 is 2.55 bits per heavy atom. The number of aliphatic carboxylic acids is 1. The molecule has 0 saturated heterocycles. The molecule has 1 aliphatic rings. The van der Waals surface area contributed by atoms with Crippen LogP contribution in [-0.2, 0) is 16.8 Å². The molecule has 1 aromatic heterocycles. The van der Waals surface area contributed by atoms with E-state index in [-0.39, 0.29) is 16.4 Å². The van der Waals surface area contributed by atoms with Gasteiger partial charge in [0.15, 0.2) is 0 Å². The first-order valence-corrected chi connectivity index (χ1v) is 16.0. The number of aliphatic hydroxyl groups is 1. The fraction of sp³-hybridized carbons (Fsp3) is 0.314. The Kier molecular flexibility index (Phi) is 9.21. The predicted octanol–water partition coefficient (Wildman–Crippen LogP) is 8.63. The number of nitrogens with zero attached hydrogens (tertiary/aromatic N) is 1. The van der Waals surface area contributed by atoms with Gasteiger partial charge in [-0.25, -0.2) is 4.98 Å². The molecule has 0 aliphatic heterocycles. The molecule has 1 unspecified atom stereocenters. The number of carboxylic acids is 1. The van der Waals surface area contributed by atoms with Gasteiger partial charge in [0.25, 0.3) is 0 Å². The molecule has 1 heterocycles. The summed E-state index contributed by atoms with van der Waals surface area (Å²) >= 11 is 3.42. The van der Waals surface area contributed by atoms with Crippen LogP contribution >= 0.6 is 23.1 Å². The number of carbonyl (C=O) groups is 1. The molecule has 218 valence electrons. The maximum atomic E-state index is 11.6. The van der Waals surface area contributed by atoms with E-state index in [0.29, 0.717) is 0 Å². The molecule has 0 radical (unpaired) electrons. The van der Waals surface area contributed by atoms with Gasteiger partial charge >= 0.3 is 5.97 Å². The third kappa shape index (κ3) is 7.71. The molecule has 0 amide bonds. The van der Waals surface area contributed by atoms with Crippen LogP contribution in [0.1, 0.15) is 72.0 Å². The topological polar surface area (TPSA) is 79.7 Å². The van der Waals surface area contributed by atoms with Crippen molar-refractivity contribution in [3.63, 3.8) is 0 Å². The number of aromatic nitrogens is 1. The van der Waals surface area contributed by atoms with Crippen LogP contribution in [0.15, 0.2) is 78.2 Å². The van der Waals surface area contributed by atoms with E-state index in [0.717, 1.165) is 64.4 Å². The molecular weight excluding hydrogens is 563 g/mol. The zero-order valence-corrected chi connectivity index (χ0v) is 25.9. The average molecular weight is 600 g/mol. The van der Waals surface area contributed by atoms with Crippen molar-refractivity contribution in [1.29, 1.82) is 0 Å². The molecule has 1 saturated carbocycles. The molecular formula is C35H37NO4S2. The number of rotatable bonds is 13. The summed E-state index contributed by atoms with van der Waals surface area (Å²) < 4.78 is 5.06. The number of thiazole rings is 1. The van der Waals surface area contributed by atoms with Crippen molar-refractivity contribution in [2.75, 3.05) is 7.11 Å². The van der Waals surface area contributed by atoms with E-state index < -0.39 is 11.6 Å². The van der Waals surface area contributed by atoms with Crippen LogP contribution < -0.4 is 4.74 Å². The minimum Gasteiger partial charge on any atom is -0.497 e. The minimum atomic E-state index is -0.923. The Morgan fingerprint density at radius 2 is 1.86 bits per heavy atom. The number of hydrogen-bond acceptors (Lipinski definition) is 6. The lowest BCUT2D eigenvalue weighted by molar-refractivity contribution is -0.137. The zero-order valence-electron chi connectivity index (χ0n) is 24.2. The lowest BCUT2D eigenvalue weighted by atomic mass is 9.90. The van der Waals surface area contributed by atoms with Gasteiger partial charge in [0.1, 0.15) is 10.8 Å². The molecule has 3 aromatic carbocycles. The fourth-order valence-electron chi connectivity index (χ4n) is 5.26. The third-order valence-electron chi connectivity index (χ3n) is 7.63. The van der Waals surface area contributed by atoms with Crippen LogP contribution in [0.2, 0.25) is 0 Å². The highest BCUT2D eigenvalue weighted by Gasteiger charge is 2.47. The van der Waals surface area contributed by atoms with Gasteiger partial charge in [0.05, 0.1) is 24.8 Å². The van der Waals surface area contributed by atoms with E-state index >= 15 is 0 Å². The Labute approximate surface area is 256 Å². The number of hydrogen-bond donors (Lipinski definition) is 2. The van der Waals surface area contributed by atoms with Gasteiger partial charge in [-0.15, -0.1) is 23.1 Å². The van der Waals surface area contributed by atoms with Gasteiger partial charge < -0.3 is 14.9 Å². The van der Waals surface area contributed by atoms with Gasteiger partial charge in [-0.1, -0.05) is 54.6 Å². The second-order valence-corrected chi connectivity index (χ2v) is 14.0. The highest BCUT2D eigenvalue weighted by Crippen LogP contribution is 2.57. The molecule has 5 rings (SSSR count). The van der Waals surface area contributed by atoms with E-state index in [1.54, 1.807) is 18.4 Å². The van der Waals surface area contributed by atoms with E-state index in [4.69, 9.17) is 9.72 Å².